The Morgan fingerprint density at radius 3 is 2.82 bits per heavy atom. The van der Waals surface area contributed by atoms with Crippen LogP contribution >= 0.6 is 0 Å². The van der Waals surface area contributed by atoms with Crippen molar-refractivity contribution in [1.82, 2.24) is 19.4 Å². The van der Waals surface area contributed by atoms with Gasteiger partial charge in [0.25, 0.3) is 0 Å². The molecular formula is C24H28N4. The van der Waals surface area contributed by atoms with Crippen LogP contribution in [-0.4, -0.2) is 33.0 Å². The third-order valence-corrected chi connectivity index (χ3v) is 6.37. The summed E-state index contributed by atoms with van der Waals surface area (Å²) in [4.78, 5) is 12.1. The molecule has 4 nitrogen and oxygen atoms in total. The van der Waals surface area contributed by atoms with Crippen molar-refractivity contribution >= 4 is 22.3 Å². The average molecular weight is 373 g/mol. The molecule has 2 aliphatic rings. The Kier molecular flexibility index (Phi) is 4.13. The van der Waals surface area contributed by atoms with E-state index < -0.39 is 0 Å². The minimum absolute atomic E-state index is 1.00. The number of fused-ring (bicyclic) bond motifs is 4. The topological polar surface area (TPSA) is 34.0 Å². The molecule has 4 heteroatoms. The van der Waals surface area contributed by atoms with E-state index in [2.05, 4.69) is 55.5 Å². The lowest BCUT2D eigenvalue weighted by Crippen LogP contribution is -2.27. The quantitative estimate of drug-likeness (QED) is 0.617. The number of hydrogen-bond acceptors (Lipinski definition) is 3. The van der Waals surface area contributed by atoms with Crippen LogP contribution in [0.15, 0.2) is 24.4 Å². The van der Waals surface area contributed by atoms with E-state index in [1.807, 2.05) is 6.20 Å². The van der Waals surface area contributed by atoms with E-state index in [1.54, 1.807) is 0 Å². The maximum absolute atomic E-state index is 4.89. The molecule has 0 unspecified atom stereocenters. The molecular weight excluding hydrogens is 344 g/mol. The van der Waals surface area contributed by atoms with Gasteiger partial charge in [-0.3, -0.25) is 4.98 Å². The first-order valence-electron chi connectivity index (χ1n) is 10.4. The maximum Gasteiger partial charge on any atom is 0.144 e. The fourth-order valence-corrected chi connectivity index (χ4v) is 4.98. The molecule has 3 aromatic heterocycles. The van der Waals surface area contributed by atoms with Gasteiger partial charge in [0.15, 0.2) is 0 Å². The number of aromatic nitrogens is 3. The summed E-state index contributed by atoms with van der Waals surface area (Å²) in [5.74, 6) is 0. The maximum atomic E-state index is 4.89. The molecule has 28 heavy (non-hydrogen) atoms. The minimum atomic E-state index is 1.00. The lowest BCUT2D eigenvalue weighted by Gasteiger charge is -2.26. The standard InChI is InChI=1S/C24H28N4/c1-15-12-20-21-14-27(4)11-10-23(21)28(24(20)25-13-15)17(3)18-6-5-7-22-19(18)9-8-16(2)26-22/h8-9,12-13H,5-7,10-11,14H2,1-4H3. The Hall–Kier alpha value is -2.46. The lowest BCUT2D eigenvalue weighted by molar-refractivity contribution is 0.311. The largest absolute Gasteiger partial charge is 0.302 e. The fourth-order valence-electron chi connectivity index (χ4n) is 4.98. The Morgan fingerprint density at radius 2 is 1.96 bits per heavy atom. The molecule has 4 heterocycles. The highest BCUT2D eigenvalue weighted by Crippen LogP contribution is 2.38. The summed E-state index contributed by atoms with van der Waals surface area (Å²) < 4.78 is 2.46. The van der Waals surface area contributed by atoms with Crippen LogP contribution in [0.25, 0.3) is 22.3 Å². The van der Waals surface area contributed by atoms with Gasteiger partial charge in [-0.05, 0) is 75.9 Å². The number of allylic oxidation sites excluding steroid dienone is 2. The van der Waals surface area contributed by atoms with E-state index >= 15 is 0 Å². The second-order valence-corrected chi connectivity index (χ2v) is 8.50. The molecule has 5 rings (SSSR count). The molecule has 0 atom stereocenters. The summed E-state index contributed by atoms with van der Waals surface area (Å²) in [7, 11) is 2.21. The van der Waals surface area contributed by atoms with Crippen LogP contribution in [0.2, 0.25) is 0 Å². The summed E-state index contributed by atoms with van der Waals surface area (Å²) >= 11 is 0. The van der Waals surface area contributed by atoms with E-state index in [4.69, 9.17) is 9.97 Å². The normalized spacial score (nSPS) is 18.9. The Labute approximate surface area is 166 Å². The second kappa shape index (κ2) is 6.56. The zero-order valence-corrected chi connectivity index (χ0v) is 17.3. The zero-order chi connectivity index (χ0) is 19.4. The van der Waals surface area contributed by atoms with Crippen molar-refractivity contribution in [2.75, 3.05) is 13.6 Å². The number of hydrogen-bond donors (Lipinski definition) is 0. The lowest BCUT2D eigenvalue weighted by atomic mass is 9.89. The van der Waals surface area contributed by atoms with Crippen LogP contribution in [0.5, 0.6) is 0 Å². The van der Waals surface area contributed by atoms with E-state index in [9.17, 15) is 0 Å². The number of likely N-dealkylation sites (N-methyl/N-ethyl adjacent to an activating group) is 1. The van der Waals surface area contributed by atoms with Gasteiger partial charge < -0.3 is 9.47 Å². The molecule has 0 spiro atoms. The molecule has 0 radical (unpaired) electrons. The number of pyridine rings is 2. The molecule has 1 aliphatic heterocycles. The van der Waals surface area contributed by atoms with Crippen LogP contribution in [0.4, 0.5) is 0 Å². The van der Waals surface area contributed by atoms with E-state index in [0.717, 1.165) is 43.7 Å². The van der Waals surface area contributed by atoms with Gasteiger partial charge in [0.1, 0.15) is 5.65 Å². The van der Waals surface area contributed by atoms with Crippen LogP contribution in [0.1, 0.15) is 53.5 Å². The van der Waals surface area contributed by atoms with Gasteiger partial charge in [0.2, 0.25) is 0 Å². The minimum Gasteiger partial charge on any atom is -0.302 e. The Bertz CT molecular complexity index is 1120. The third-order valence-electron chi connectivity index (χ3n) is 6.37. The van der Waals surface area contributed by atoms with Gasteiger partial charge in [-0.1, -0.05) is 6.07 Å². The summed E-state index contributed by atoms with van der Waals surface area (Å²) in [6, 6.07) is 6.74. The van der Waals surface area contributed by atoms with Gasteiger partial charge in [0, 0.05) is 59.4 Å². The first kappa shape index (κ1) is 17.6. The highest BCUT2D eigenvalue weighted by Gasteiger charge is 2.26. The number of aryl methyl sites for hydroxylation is 3. The molecule has 0 saturated carbocycles. The van der Waals surface area contributed by atoms with Crippen molar-refractivity contribution in [3.05, 3.63) is 58.2 Å². The van der Waals surface area contributed by atoms with Crippen molar-refractivity contribution < 1.29 is 0 Å². The highest BCUT2D eigenvalue weighted by atomic mass is 15.1. The van der Waals surface area contributed by atoms with Gasteiger partial charge in [-0.2, -0.15) is 0 Å². The third kappa shape index (κ3) is 2.70. The van der Waals surface area contributed by atoms with Crippen LogP contribution < -0.4 is 0 Å². The van der Waals surface area contributed by atoms with Crippen molar-refractivity contribution in [2.45, 2.75) is 53.0 Å². The van der Waals surface area contributed by atoms with E-state index in [-0.39, 0.29) is 0 Å². The molecule has 0 bridgehead atoms. The van der Waals surface area contributed by atoms with Crippen LogP contribution in [0, 0.1) is 13.8 Å². The van der Waals surface area contributed by atoms with Crippen LogP contribution in [0.3, 0.4) is 0 Å². The van der Waals surface area contributed by atoms with Crippen molar-refractivity contribution in [3.8, 4) is 0 Å². The van der Waals surface area contributed by atoms with Gasteiger partial charge in [-0.15, -0.1) is 0 Å². The second-order valence-electron chi connectivity index (χ2n) is 8.50. The van der Waals surface area contributed by atoms with Gasteiger partial charge in [-0.25, -0.2) is 4.98 Å². The molecule has 3 aromatic rings. The van der Waals surface area contributed by atoms with Crippen molar-refractivity contribution in [1.29, 1.82) is 0 Å². The van der Waals surface area contributed by atoms with Crippen molar-refractivity contribution in [3.63, 3.8) is 0 Å². The summed E-state index contributed by atoms with van der Waals surface area (Å²) in [6.45, 7) is 8.61. The van der Waals surface area contributed by atoms with Crippen molar-refractivity contribution in [2.24, 2.45) is 0 Å². The molecule has 1 aliphatic carbocycles. The number of nitrogens with zero attached hydrogens (tertiary/aromatic N) is 4. The van der Waals surface area contributed by atoms with Gasteiger partial charge >= 0.3 is 0 Å². The first-order valence-corrected chi connectivity index (χ1v) is 10.4. The zero-order valence-electron chi connectivity index (χ0n) is 17.3. The molecule has 0 N–H and O–H groups in total. The smallest absolute Gasteiger partial charge is 0.144 e. The fraction of sp³-hybridized carbons (Fsp3) is 0.417. The Morgan fingerprint density at radius 1 is 1.11 bits per heavy atom. The van der Waals surface area contributed by atoms with Gasteiger partial charge in [0.05, 0.1) is 0 Å². The predicted molar refractivity (Wildman–Crippen MR) is 115 cm³/mol. The summed E-state index contributed by atoms with van der Waals surface area (Å²) in [6.07, 6.45) is 6.45. The molecule has 0 amide bonds. The van der Waals surface area contributed by atoms with E-state index in [0.29, 0.717) is 0 Å². The average Bonchev–Trinajstić information content (AvgIpc) is 2.99. The molecule has 0 aromatic carbocycles. The Balaban J connectivity index is 1.78. The summed E-state index contributed by atoms with van der Waals surface area (Å²) in [5.41, 5.74) is 11.7. The summed E-state index contributed by atoms with van der Waals surface area (Å²) in [5, 5.41) is 1.32. The molecule has 0 saturated heterocycles. The van der Waals surface area contributed by atoms with Crippen LogP contribution in [-0.2, 0) is 19.4 Å². The predicted octanol–water partition coefficient (Wildman–Crippen LogP) is 4.76. The SMILES string of the molecule is CC(=C1CCCc2nc(C)ccc21)n1c2c(c3cc(C)cnc31)CN(C)CC2. The first-order chi connectivity index (χ1) is 13.5. The monoisotopic (exact) mass is 372 g/mol. The molecule has 144 valence electrons. The highest BCUT2D eigenvalue weighted by molar-refractivity contribution is 5.92. The molecule has 0 fully saturated rings. The number of rotatable bonds is 1. The van der Waals surface area contributed by atoms with E-state index in [1.165, 1.54) is 51.2 Å².